The van der Waals surface area contributed by atoms with E-state index in [9.17, 15) is 5.11 Å². The first-order valence-corrected chi connectivity index (χ1v) is 6.30. The topological polar surface area (TPSA) is 84.3 Å². The summed E-state index contributed by atoms with van der Waals surface area (Å²) in [5, 5.41) is 12.6. The largest absolute Gasteiger partial charge is 0.423 e. The van der Waals surface area contributed by atoms with E-state index >= 15 is 0 Å². The molecule has 1 aromatic carbocycles. The van der Waals surface area contributed by atoms with Gasteiger partial charge in [-0.3, -0.25) is 0 Å². The Morgan fingerprint density at radius 1 is 1.44 bits per heavy atom. The van der Waals surface area contributed by atoms with Crippen molar-refractivity contribution >= 4 is 22.8 Å². The Labute approximate surface area is 105 Å². The van der Waals surface area contributed by atoms with Gasteiger partial charge in [0, 0.05) is 30.3 Å². The van der Waals surface area contributed by atoms with Gasteiger partial charge in [-0.05, 0) is 25.0 Å². The maximum absolute atomic E-state index is 9.28. The number of oxazole rings is 1. The van der Waals surface area contributed by atoms with Crippen LogP contribution in [0.15, 0.2) is 22.6 Å². The van der Waals surface area contributed by atoms with Crippen LogP contribution in [-0.4, -0.2) is 22.7 Å². The van der Waals surface area contributed by atoms with Crippen molar-refractivity contribution in [3.8, 4) is 0 Å². The normalized spacial score (nSPS) is 23.6. The second kappa shape index (κ2) is 4.49. The first-order chi connectivity index (χ1) is 8.76. The van der Waals surface area contributed by atoms with E-state index in [0.717, 1.165) is 24.8 Å². The molecule has 5 nitrogen and oxygen atoms in total. The third-order valence-electron chi connectivity index (χ3n) is 3.61. The Balaban J connectivity index is 1.82. The van der Waals surface area contributed by atoms with Crippen LogP contribution in [0, 0.1) is 5.92 Å². The summed E-state index contributed by atoms with van der Waals surface area (Å²) in [5.74, 6) is 0.296. The highest BCUT2D eigenvalue weighted by Crippen LogP contribution is 2.29. The Morgan fingerprint density at radius 2 is 2.33 bits per heavy atom. The van der Waals surface area contributed by atoms with E-state index in [1.807, 2.05) is 6.07 Å². The molecular formula is C13H17N3O2. The Bertz CT molecular complexity index is 552. The minimum atomic E-state index is 0.213. The molecule has 1 heterocycles. The highest BCUT2D eigenvalue weighted by atomic mass is 16.4. The van der Waals surface area contributed by atoms with Crippen LogP contribution >= 0.6 is 0 Å². The van der Waals surface area contributed by atoms with Gasteiger partial charge in [0.15, 0.2) is 5.58 Å². The smallest absolute Gasteiger partial charge is 0.295 e. The molecule has 96 valence electrons. The van der Waals surface area contributed by atoms with Crippen LogP contribution < -0.4 is 11.1 Å². The fourth-order valence-electron chi connectivity index (χ4n) is 2.61. The first-order valence-electron chi connectivity index (χ1n) is 6.30. The summed E-state index contributed by atoms with van der Waals surface area (Å²) in [4.78, 5) is 4.37. The fourth-order valence-corrected chi connectivity index (χ4v) is 2.61. The second-order valence-corrected chi connectivity index (χ2v) is 4.87. The molecule has 5 heteroatoms. The van der Waals surface area contributed by atoms with Gasteiger partial charge < -0.3 is 20.6 Å². The zero-order valence-corrected chi connectivity index (χ0v) is 10.1. The summed E-state index contributed by atoms with van der Waals surface area (Å²) >= 11 is 0. The maximum Gasteiger partial charge on any atom is 0.295 e. The molecule has 2 unspecified atom stereocenters. The minimum Gasteiger partial charge on any atom is -0.423 e. The third-order valence-corrected chi connectivity index (χ3v) is 3.61. The Morgan fingerprint density at radius 3 is 3.17 bits per heavy atom. The van der Waals surface area contributed by atoms with Crippen LogP contribution in [0.4, 0.5) is 11.7 Å². The van der Waals surface area contributed by atoms with Gasteiger partial charge >= 0.3 is 0 Å². The summed E-state index contributed by atoms with van der Waals surface area (Å²) in [6.07, 6.45) is 3.24. The van der Waals surface area contributed by atoms with Gasteiger partial charge in [0.2, 0.25) is 0 Å². The van der Waals surface area contributed by atoms with Crippen LogP contribution in [0.2, 0.25) is 0 Å². The number of aliphatic hydroxyl groups excluding tert-OH is 1. The molecule has 4 N–H and O–H groups in total. The molecule has 1 aliphatic carbocycles. The molecule has 0 bridgehead atoms. The van der Waals surface area contributed by atoms with Gasteiger partial charge in [0.25, 0.3) is 6.01 Å². The number of aromatic nitrogens is 1. The van der Waals surface area contributed by atoms with Crippen molar-refractivity contribution in [2.75, 3.05) is 17.7 Å². The molecule has 0 radical (unpaired) electrons. The molecule has 1 fully saturated rings. The van der Waals surface area contributed by atoms with Crippen molar-refractivity contribution in [1.29, 1.82) is 0 Å². The summed E-state index contributed by atoms with van der Waals surface area (Å²) < 4.78 is 5.62. The molecule has 0 spiro atoms. The van der Waals surface area contributed by atoms with Crippen LogP contribution in [0.1, 0.15) is 19.3 Å². The number of hydrogen-bond acceptors (Lipinski definition) is 5. The van der Waals surface area contributed by atoms with E-state index in [1.54, 1.807) is 12.1 Å². The number of nitrogens with zero attached hydrogens (tertiary/aromatic N) is 1. The fraction of sp³-hybridized carbons (Fsp3) is 0.462. The van der Waals surface area contributed by atoms with Crippen molar-refractivity contribution < 1.29 is 9.52 Å². The standard InChI is InChI=1S/C13H17N3O2/c14-9-4-5-11-12(6-9)18-13(16-11)15-10-3-1-2-8(10)7-17/h4-6,8,10,17H,1-3,7,14H2,(H,15,16). The molecule has 1 aromatic heterocycles. The highest BCUT2D eigenvalue weighted by Gasteiger charge is 2.27. The lowest BCUT2D eigenvalue weighted by atomic mass is 10.1. The summed E-state index contributed by atoms with van der Waals surface area (Å²) in [6.45, 7) is 0.213. The van der Waals surface area contributed by atoms with E-state index < -0.39 is 0 Å². The van der Waals surface area contributed by atoms with Crippen LogP contribution in [0.3, 0.4) is 0 Å². The molecule has 0 saturated heterocycles. The van der Waals surface area contributed by atoms with E-state index in [0.29, 0.717) is 23.2 Å². The van der Waals surface area contributed by atoms with Gasteiger partial charge in [0.05, 0.1) is 0 Å². The average molecular weight is 247 g/mol. The van der Waals surface area contributed by atoms with Gasteiger partial charge in [-0.2, -0.15) is 4.98 Å². The quantitative estimate of drug-likeness (QED) is 0.722. The van der Waals surface area contributed by atoms with Crippen LogP contribution in [0.5, 0.6) is 0 Å². The van der Waals surface area contributed by atoms with E-state index in [1.165, 1.54) is 0 Å². The molecule has 3 rings (SSSR count). The molecule has 0 amide bonds. The number of rotatable bonds is 3. The molecule has 18 heavy (non-hydrogen) atoms. The van der Waals surface area contributed by atoms with Crippen LogP contribution in [-0.2, 0) is 0 Å². The van der Waals surface area contributed by atoms with Crippen molar-refractivity contribution in [2.45, 2.75) is 25.3 Å². The van der Waals surface area contributed by atoms with Crippen LogP contribution in [0.25, 0.3) is 11.1 Å². The molecular weight excluding hydrogens is 230 g/mol. The third kappa shape index (κ3) is 2.01. The number of nitrogen functional groups attached to an aromatic ring is 1. The number of hydrogen-bond donors (Lipinski definition) is 3. The first kappa shape index (κ1) is 11.3. The van der Waals surface area contributed by atoms with Crippen molar-refractivity contribution in [2.24, 2.45) is 5.92 Å². The Kier molecular flexibility index (Phi) is 2.83. The molecule has 0 aliphatic heterocycles. The predicted octanol–water partition coefficient (Wildman–Crippen LogP) is 1.98. The van der Waals surface area contributed by atoms with E-state index in [-0.39, 0.29) is 12.6 Å². The minimum absolute atomic E-state index is 0.213. The van der Waals surface area contributed by atoms with Gasteiger partial charge in [-0.1, -0.05) is 6.42 Å². The zero-order valence-electron chi connectivity index (χ0n) is 10.1. The van der Waals surface area contributed by atoms with Crippen molar-refractivity contribution in [3.05, 3.63) is 18.2 Å². The number of fused-ring (bicyclic) bond motifs is 1. The maximum atomic E-state index is 9.28. The van der Waals surface area contributed by atoms with Crippen molar-refractivity contribution in [1.82, 2.24) is 4.98 Å². The van der Waals surface area contributed by atoms with E-state index in [4.69, 9.17) is 10.2 Å². The lowest BCUT2D eigenvalue weighted by molar-refractivity contribution is 0.222. The lowest BCUT2D eigenvalue weighted by Gasteiger charge is -2.17. The number of benzene rings is 1. The lowest BCUT2D eigenvalue weighted by Crippen LogP contribution is -2.26. The molecule has 2 atom stereocenters. The number of nitrogens with one attached hydrogen (secondary N) is 1. The number of aliphatic hydroxyl groups is 1. The van der Waals surface area contributed by atoms with Gasteiger partial charge in [-0.15, -0.1) is 0 Å². The number of anilines is 2. The summed E-state index contributed by atoms with van der Waals surface area (Å²) in [6, 6.07) is 6.19. The average Bonchev–Trinajstić information content (AvgIpc) is 2.94. The SMILES string of the molecule is Nc1ccc2nc(NC3CCCC3CO)oc2c1. The van der Waals surface area contributed by atoms with Gasteiger partial charge in [0.1, 0.15) is 5.52 Å². The monoisotopic (exact) mass is 247 g/mol. The van der Waals surface area contributed by atoms with Gasteiger partial charge in [-0.25, -0.2) is 0 Å². The molecule has 2 aromatic rings. The predicted molar refractivity (Wildman–Crippen MR) is 70.3 cm³/mol. The van der Waals surface area contributed by atoms with E-state index in [2.05, 4.69) is 10.3 Å². The van der Waals surface area contributed by atoms with Crippen molar-refractivity contribution in [3.63, 3.8) is 0 Å². The molecule has 1 aliphatic rings. The Hall–Kier alpha value is -1.75. The second-order valence-electron chi connectivity index (χ2n) is 4.87. The summed E-state index contributed by atoms with van der Waals surface area (Å²) in [7, 11) is 0. The zero-order chi connectivity index (χ0) is 12.5. The number of nitrogens with two attached hydrogens (primary N) is 1. The molecule has 1 saturated carbocycles. The summed E-state index contributed by atoms with van der Waals surface area (Å²) in [5.41, 5.74) is 7.85. The highest BCUT2D eigenvalue weighted by molar-refractivity contribution is 5.78.